The van der Waals surface area contributed by atoms with E-state index in [9.17, 15) is 14.3 Å². The largest absolute Gasteiger partial charge is 0.379 e. The predicted molar refractivity (Wildman–Crippen MR) is 94.5 cm³/mol. The van der Waals surface area contributed by atoms with Gasteiger partial charge < -0.3 is 15.3 Å². The van der Waals surface area contributed by atoms with E-state index in [0.29, 0.717) is 31.5 Å². The van der Waals surface area contributed by atoms with E-state index in [1.54, 1.807) is 30.6 Å². The number of carbonyl (C=O) groups is 1. The first kappa shape index (κ1) is 18.4. The standard InChI is InChI=1S/C19H23FN4O2/c1-14-9-23-16(11-22-14)10-21-13-19(26)7-4-8-24(18(19)25)12-15-5-2-3-6-17(15)20/h2-3,5-6,9,11,21,26H,4,7-8,10,12-13H2,1H3/t19-/m1/s1. The van der Waals surface area contributed by atoms with Gasteiger partial charge in [-0.2, -0.15) is 0 Å². The molecule has 6 nitrogen and oxygen atoms in total. The number of amides is 1. The van der Waals surface area contributed by atoms with Gasteiger partial charge in [0.15, 0.2) is 5.60 Å². The third kappa shape index (κ3) is 4.23. The second kappa shape index (κ2) is 7.88. The van der Waals surface area contributed by atoms with Crippen LogP contribution in [0.2, 0.25) is 0 Å². The van der Waals surface area contributed by atoms with Crippen molar-refractivity contribution < 1.29 is 14.3 Å². The van der Waals surface area contributed by atoms with Gasteiger partial charge in [-0.05, 0) is 25.8 Å². The van der Waals surface area contributed by atoms with Crippen LogP contribution < -0.4 is 5.32 Å². The number of hydrogen-bond acceptors (Lipinski definition) is 5. The van der Waals surface area contributed by atoms with Crippen molar-refractivity contribution in [3.05, 3.63) is 59.4 Å². The molecule has 0 unspecified atom stereocenters. The predicted octanol–water partition coefficient (Wildman–Crippen LogP) is 1.57. The molecule has 0 radical (unpaired) electrons. The first-order chi connectivity index (χ1) is 12.5. The van der Waals surface area contributed by atoms with Crippen LogP contribution in [0, 0.1) is 12.7 Å². The van der Waals surface area contributed by atoms with Crippen LogP contribution in [0.4, 0.5) is 4.39 Å². The quantitative estimate of drug-likeness (QED) is 0.820. The Kier molecular flexibility index (Phi) is 5.58. The lowest BCUT2D eigenvalue weighted by atomic mass is 9.91. The van der Waals surface area contributed by atoms with Crippen molar-refractivity contribution in [1.29, 1.82) is 0 Å². The Morgan fingerprint density at radius 1 is 1.31 bits per heavy atom. The summed E-state index contributed by atoms with van der Waals surface area (Å²) in [6, 6.07) is 6.39. The minimum absolute atomic E-state index is 0.120. The van der Waals surface area contributed by atoms with Crippen LogP contribution in [0.3, 0.4) is 0 Å². The SMILES string of the molecule is Cc1cnc(CNC[C@]2(O)CCCN(Cc3ccccc3F)C2=O)cn1. The number of piperidine rings is 1. The summed E-state index contributed by atoms with van der Waals surface area (Å²) in [6.07, 6.45) is 4.39. The fourth-order valence-corrected chi connectivity index (χ4v) is 3.12. The van der Waals surface area contributed by atoms with Crippen LogP contribution in [0.15, 0.2) is 36.7 Å². The van der Waals surface area contributed by atoms with E-state index in [1.165, 1.54) is 11.0 Å². The van der Waals surface area contributed by atoms with E-state index in [0.717, 1.165) is 11.4 Å². The molecule has 7 heteroatoms. The lowest BCUT2D eigenvalue weighted by Crippen LogP contribution is -2.57. The summed E-state index contributed by atoms with van der Waals surface area (Å²) < 4.78 is 13.9. The molecule has 138 valence electrons. The first-order valence-electron chi connectivity index (χ1n) is 8.71. The molecule has 2 N–H and O–H groups in total. The number of aliphatic hydroxyl groups is 1. The Labute approximate surface area is 152 Å². The number of rotatable bonds is 6. The monoisotopic (exact) mass is 358 g/mol. The van der Waals surface area contributed by atoms with Crippen LogP contribution in [0.25, 0.3) is 0 Å². The van der Waals surface area contributed by atoms with Gasteiger partial charge in [0, 0.05) is 44.1 Å². The number of halogens is 1. The van der Waals surface area contributed by atoms with Crippen molar-refractivity contribution in [3.8, 4) is 0 Å². The second-order valence-electron chi connectivity index (χ2n) is 6.71. The molecule has 0 spiro atoms. The highest BCUT2D eigenvalue weighted by Gasteiger charge is 2.41. The van der Waals surface area contributed by atoms with Crippen molar-refractivity contribution in [2.45, 2.75) is 38.5 Å². The molecule has 1 saturated heterocycles. The molecule has 1 aliphatic heterocycles. The maximum absolute atomic E-state index is 13.9. The maximum atomic E-state index is 13.9. The zero-order valence-electron chi connectivity index (χ0n) is 14.8. The Morgan fingerprint density at radius 3 is 2.85 bits per heavy atom. The summed E-state index contributed by atoms with van der Waals surface area (Å²) in [4.78, 5) is 22.7. The maximum Gasteiger partial charge on any atom is 0.256 e. The lowest BCUT2D eigenvalue weighted by molar-refractivity contribution is -0.157. The number of likely N-dealkylation sites (tertiary alicyclic amines) is 1. The molecule has 2 heterocycles. The van der Waals surface area contributed by atoms with E-state index < -0.39 is 5.60 Å². The zero-order chi connectivity index (χ0) is 18.6. The average Bonchev–Trinajstić information content (AvgIpc) is 2.63. The van der Waals surface area contributed by atoms with Crippen LogP contribution >= 0.6 is 0 Å². The Hall–Kier alpha value is -2.38. The smallest absolute Gasteiger partial charge is 0.256 e. The van der Waals surface area contributed by atoms with Crippen molar-refractivity contribution in [2.75, 3.05) is 13.1 Å². The number of nitrogens with one attached hydrogen (secondary N) is 1. The van der Waals surface area contributed by atoms with Gasteiger partial charge in [0.1, 0.15) is 5.82 Å². The van der Waals surface area contributed by atoms with Crippen LogP contribution in [-0.2, 0) is 17.9 Å². The normalized spacial score (nSPS) is 20.4. The van der Waals surface area contributed by atoms with Gasteiger partial charge >= 0.3 is 0 Å². The zero-order valence-corrected chi connectivity index (χ0v) is 14.8. The molecule has 1 fully saturated rings. The summed E-state index contributed by atoms with van der Waals surface area (Å²) in [5.74, 6) is -0.708. The molecule has 3 rings (SSSR count). The van der Waals surface area contributed by atoms with E-state index in [-0.39, 0.29) is 24.8 Å². The molecule has 1 aromatic carbocycles. The minimum atomic E-state index is -1.48. The number of nitrogens with zero attached hydrogens (tertiary/aromatic N) is 3. The number of carbonyl (C=O) groups excluding carboxylic acids is 1. The molecule has 0 aliphatic carbocycles. The van der Waals surface area contributed by atoms with Crippen molar-refractivity contribution in [3.63, 3.8) is 0 Å². The fraction of sp³-hybridized carbons (Fsp3) is 0.421. The number of aromatic nitrogens is 2. The summed E-state index contributed by atoms with van der Waals surface area (Å²) in [5.41, 5.74) is 0.541. The Morgan fingerprint density at radius 2 is 2.12 bits per heavy atom. The highest BCUT2D eigenvalue weighted by atomic mass is 19.1. The highest BCUT2D eigenvalue weighted by Crippen LogP contribution is 2.24. The number of benzene rings is 1. The van der Waals surface area contributed by atoms with Gasteiger partial charge in [0.25, 0.3) is 5.91 Å². The highest BCUT2D eigenvalue weighted by molar-refractivity contribution is 5.86. The van der Waals surface area contributed by atoms with Gasteiger partial charge in [0.2, 0.25) is 0 Å². The average molecular weight is 358 g/mol. The van der Waals surface area contributed by atoms with Crippen LogP contribution in [-0.4, -0.2) is 44.6 Å². The molecule has 26 heavy (non-hydrogen) atoms. The Balaban J connectivity index is 1.60. The lowest BCUT2D eigenvalue weighted by Gasteiger charge is -2.38. The third-order valence-corrected chi connectivity index (χ3v) is 4.58. The van der Waals surface area contributed by atoms with Gasteiger partial charge in [-0.3, -0.25) is 14.8 Å². The molecule has 2 aromatic rings. The van der Waals surface area contributed by atoms with Crippen LogP contribution in [0.1, 0.15) is 29.8 Å². The summed E-state index contributed by atoms with van der Waals surface area (Å²) in [5, 5.41) is 13.9. The summed E-state index contributed by atoms with van der Waals surface area (Å²) in [7, 11) is 0. The molecule has 1 aromatic heterocycles. The molecule has 1 atom stereocenters. The first-order valence-corrected chi connectivity index (χ1v) is 8.71. The minimum Gasteiger partial charge on any atom is -0.379 e. The topological polar surface area (TPSA) is 78.4 Å². The molecule has 1 aliphatic rings. The van der Waals surface area contributed by atoms with E-state index in [2.05, 4.69) is 15.3 Å². The molecular weight excluding hydrogens is 335 g/mol. The van der Waals surface area contributed by atoms with E-state index >= 15 is 0 Å². The van der Waals surface area contributed by atoms with E-state index in [1.807, 2.05) is 6.92 Å². The van der Waals surface area contributed by atoms with Gasteiger partial charge in [-0.15, -0.1) is 0 Å². The summed E-state index contributed by atoms with van der Waals surface area (Å²) >= 11 is 0. The fourth-order valence-electron chi connectivity index (χ4n) is 3.12. The Bertz CT molecular complexity index is 768. The van der Waals surface area contributed by atoms with E-state index in [4.69, 9.17) is 0 Å². The number of aryl methyl sites for hydroxylation is 1. The van der Waals surface area contributed by atoms with Crippen molar-refractivity contribution in [1.82, 2.24) is 20.2 Å². The second-order valence-corrected chi connectivity index (χ2v) is 6.71. The van der Waals surface area contributed by atoms with Gasteiger partial charge in [-0.25, -0.2) is 4.39 Å². The summed E-state index contributed by atoms with van der Waals surface area (Å²) in [6.45, 7) is 3.07. The van der Waals surface area contributed by atoms with Crippen molar-refractivity contribution in [2.24, 2.45) is 0 Å². The number of hydrogen-bond donors (Lipinski definition) is 2. The molecular formula is C19H23FN4O2. The van der Waals surface area contributed by atoms with Crippen molar-refractivity contribution >= 4 is 5.91 Å². The molecule has 1 amide bonds. The van der Waals surface area contributed by atoms with Crippen LogP contribution in [0.5, 0.6) is 0 Å². The van der Waals surface area contributed by atoms with Gasteiger partial charge in [-0.1, -0.05) is 18.2 Å². The molecule has 0 saturated carbocycles. The third-order valence-electron chi connectivity index (χ3n) is 4.58. The van der Waals surface area contributed by atoms with Gasteiger partial charge in [0.05, 0.1) is 11.4 Å². The molecule has 0 bridgehead atoms.